The summed E-state index contributed by atoms with van der Waals surface area (Å²) in [6, 6.07) is 0. The molecular formula is C11H18ClN3O. The second-order valence-corrected chi connectivity index (χ2v) is 4.03. The number of nitrogens with one attached hydrogen (secondary N) is 1. The Bertz CT molecular complexity index is 333. The minimum atomic E-state index is -0.344. The van der Waals surface area contributed by atoms with E-state index in [4.69, 9.17) is 11.6 Å². The lowest BCUT2D eigenvalue weighted by Gasteiger charge is -2.13. The first kappa shape index (κ1) is 13.2. The average molecular weight is 244 g/mol. The lowest BCUT2D eigenvalue weighted by Crippen LogP contribution is -2.20. The van der Waals surface area contributed by atoms with Gasteiger partial charge in [-0.2, -0.15) is 0 Å². The lowest BCUT2D eigenvalue weighted by molar-refractivity contribution is 0.176. The minimum absolute atomic E-state index is 0.344. The number of nitrogens with zero attached hydrogens (tertiary/aromatic N) is 2. The third-order valence-corrected chi connectivity index (χ3v) is 2.70. The molecule has 0 spiro atoms. The van der Waals surface area contributed by atoms with Crippen molar-refractivity contribution in [3.63, 3.8) is 0 Å². The highest BCUT2D eigenvalue weighted by Gasteiger charge is 2.09. The van der Waals surface area contributed by atoms with Crippen LogP contribution in [0.15, 0.2) is 6.33 Å². The van der Waals surface area contributed by atoms with Gasteiger partial charge in [-0.1, -0.05) is 31.9 Å². The van der Waals surface area contributed by atoms with Crippen LogP contribution in [0.1, 0.15) is 32.3 Å². The fraction of sp³-hybridized carbons (Fsp3) is 0.636. The van der Waals surface area contributed by atoms with Gasteiger partial charge >= 0.3 is 0 Å². The fourth-order valence-electron chi connectivity index (χ4n) is 1.51. The van der Waals surface area contributed by atoms with Crippen LogP contribution in [0.2, 0.25) is 5.15 Å². The molecule has 0 aliphatic heterocycles. The molecule has 0 aliphatic carbocycles. The van der Waals surface area contributed by atoms with Gasteiger partial charge in [0.1, 0.15) is 17.3 Å². The molecule has 2 N–H and O–H groups in total. The van der Waals surface area contributed by atoms with Gasteiger partial charge in [0.15, 0.2) is 0 Å². The topological polar surface area (TPSA) is 58.0 Å². The van der Waals surface area contributed by atoms with E-state index >= 15 is 0 Å². The van der Waals surface area contributed by atoms with Crippen molar-refractivity contribution in [1.82, 2.24) is 9.97 Å². The number of hydrogen-bond donors (Lipinski definition) is 2. The number of rotatable bonds is 6. The van der Waals surface area contributed by atoms with Crippen molar-refractivity contribution in [3.8, 4) is 0 Å². The summed E-state index contributed by atoms with van der Waals surface area (Å²) >= 11 is 5.95. The van der Waals surface area contributed by atoms with E-state index in [9.17, 15) is 5.11 Å². The maximum Gasteiger partial charge on any atom is 0.137 e. The van der Waals surface area contributed by atoms with E-state index in [-0.39, 0.29) is 6.10 Å². The molecule has 1 unspecified atom stereocenters. The number of hydrogen-bond acceptors (Lipinski definition) is 4. The molecule has 16 heavy (non-hydrogen) atoms. The molecule has 0 bridgehead atoms. The summed E-state index contributed by atoms with van der Waals surface area (Å²) in [7, 11) is 0. The predicted octanol–water partition coefficient (Wildman–Crippen LogP) is 2.27. The Kier molecular flexibility index (Phi) is 5.49. The second-order valence-electron chi connectivity index (χ2n) is 3.67. The smallest absolute Gasteiger partial charge is 0.137 e. The molecule has 4 nitrogen and oxygen atoms in total. The molecule has 90 valence electrons. The maximum atomic E-state index is 9.60. The Labute approximate surface area is 101 Å². The van der Waals surface area contributed by atoms with E-state index in [1.54, 1.807) is 0 Å². The maximum absolute atomic E-state index is 9.60. The molecule has 0 fully saturated rings. The van der Waals surface area contributed by atoms with Crippen LogP contribution >= 0.6 is 11.6 Å². The van der Waals surface area contributed by atoms with E-state index in [1.807, 2.05) is 13.8 Å². The third kappa shape index (κ3) is 3.61. The lowest BCUT2D eigenvalue weighted by atomic mass is 10.2. The van der Waals surface area contributed by atoms with E-state index in [1.165, 1.54) is 6.33 Å². The minimum Gasteiger partial charge on any atom is -0.391 e. The average Bonchev–Trinajstić information content (AvgIpc) is 2.27. The van der Waals surface area contributed by atoms with Crippen molar-refractivity contribution in [2.24, 2.45) is 0 Å². The van der Waals surface area contributed by atoms with Crippen molar-refractivity contribution in [2.45, 2.75) is 39.2 Å². The summed E-state index contributed by atoms with van der Waals surface area (Å²) < 4.78 is 0. The van der Waals surface area contributed by atoms with Crippen molar-refractivity contribution in [2.75, 3.05) is 11.9 Å². The SMILES string of the molecule is CCCC(O)CNc1ncnc(Cl)c1CC. The zero-order valence-electron chi connectivity index (χ0n) is 9.70. The van der Waals surface area contributed by atoms with Crippen LogP contribution in [0.3, 0.4) is 0 Å². The van der Waals surface area contributed by atoms with Crippen LogP contribution in [0, 0.1) is 0 Å². The zero-order chi connectivity index (χ0) is 12.0. The number of halogens is 1. The second kappa shape index (κ2) is 6.66. The van der Waals surface area contributed by atoms with E-state index in [0.717, 1.165) is 30.6 Å². The first-order valence-electron chi connectivity index (χ1n) is 5.60. The summed E-state index contributed by atoms with van der Waals surface area (Å²) in [5, 5.41) is 13.2. The summed E-state index contributed by atoms with van der Waals surface area (Å²) in [6.45, 7) is 4.54. The molecule has 0 aromatic carbocycles. The molecule has 0 saturated heterocycles. The predicted molar refractivity (Wildman–Crippen MR) is 65.8 cm³/mol. The Morgan fingerprint density at radius 2 is 2.19 bits per heavy atom. The van der Waals surface area contributed by atoms with Gasteiger partial charge in [0.2, 0.25) is 0 Å². The van der Waals surface area contributed by atoms with Crippen molar-refractivity contribution >= 4 is 17.4 Å². The molecule has 1 heterocycles. The van der Waals surface area contributed by atoms with Gasteiger partial charge in [-0.25, -0.2) is 9.97 Å². The van der Waals surface area contributed by atoms with Crippen LogP contribution in [0.25, 0.3) is 0 Å². The van der Waals surface area contributed by atoms with Crippen LogP contribution in [0.4, 0.5) is 5.82 Å². The van der Waals surface area contributed by atoms with Gasteiger partial charge in [0, 0.05) is 12.1 Å². The van der Waals surface area contributed by atoms with Gasteiger partial charge in [-0.15, -0.1) is 0 Å². The van der Waals surface area contributed by atoms with Crippen LogP contribution in [-0.2, 0) is 6.42 Å². The van der Waals surface area contributed by atoms with Gasteiger partial charge in [-0.05, 0) is 12.8 Å². The monoisotopic (exact) mass is 243 g/mol. The Morgan fingerprint density at radius 3 is 2.81 bits per heavy atom. The number of aliphatic hydroxyl groups excluding tert-OH is 1. The highest BCUT2D eigenvalue weighted by molar-refractivity contribution is 6.30. The Balaban J connectivity index is 2.63. The molecule has 1 aromatic heterocycles. The normalized spacial score (nSPS) is 12.5. The zero-order valence-corrected chi connectivity index (χ0v) is 10.5. The largest absolute Gasteiger partial charge is 0.391 e. The van der Waals surface area contributed by atoms with Gasteiger partial charge in [0.05, 0.1) is 6.10 Å². The molecule has 1 atom stereocenters. The summed E-state index contributed by atoms with van der Waals surface area (Å²) in [5.74, 6) is 0.720. The van der Waals surface area contributed by atoms with Gasteiger partial charge < -0.3 is 10.4 Å². The standard InChI is InChI=1S/C11H18ClN3O/c1-3-5-8(16)6-13-11-9(4-2)10(12)14-7-15-11/h7-8,16H,3-6H2,1-2H3,(H,13,14,15). The summed E-state index contributed by atoms with van der Waals surface area (Å²) in [6.07, 6.45) is 3.60. The van der Waals surface area contributed by atoms with Crippen LogP contribution in [0.5, 0.6) is 0 Å². The van der Waals surface area contributed by atoms with E-state index in [2.05, 4.69) is 15.3 Å². The first-order chi connectivity index (χ1) is 7.69. The van der Waals surface area contributed by atoms with Gasteiger partial charge in [0.25, 0.3) is 0 Å². The Morgan fingerprint density at radius 1 is 1.44 bits per heavy atom. The molecule has 1 aromatic rings. The van der Waals surface area contributed by atoms with Crippen LogP contribution in [-0.4, -0.2) is 27.7 Å². The highest BCUT2D eigenvalue weighted by atomic mass is 35.5. The quantitative estimate of drug-likeness (QED) is 0.753. The summed E-state index contributed by atoms with van der Waals surface area (Å²) in [4.78, 5) is 8.05. The fourth-order valence-corrected chi connectivity index (χ4v) is 1.77. The molecule has 1 rings (SSSR count). The van der Waals surface area contributed by atoms with Crippen molar-refractivity contribution in [1.29, 1.82) is 0 Å². The van der Waals surface area contributed by atoms with Crippen LogP contribution < -0.4 is 5.32 Å². The van der Waals surface area contributed by atoms with Crippen molar-refractivity contribution < 1.29 is 5.11 Å². The Hall–Kier alpha value is -0.870. The molecule has 0 aliphatic rings. The summed E-state index contributed by atoms with van der Waals surface area (Å²) in [5.41, 5.74) is 0.896. The van der Waals surface area contributed by atoms with Gasteiger partial charge in [-0.3, -0.25) is 0 Å². The molecule has 0 radical (unpaired) electrons. The number of anilines is 1. The van der Waals surface area contributed by atoms with E-state index < -0.39 is 0 Å². The highest BCUT2D eigenvalue weighted by Crippen LogP contribution is 2.20. The molecular weight excluding hydrogens is 226 g/mol. The molecule has 0 saturated carbocycles. The number of aromatic nitrogens is 2. The van der Waals surface area contributed by atoms with E-state index in [0.29, 0.717) is 11.7 Å². The molecule has 0 amide bonds. The number of aliphatic hydroxyl groups is 1. The van der Waals surface area contributed by atoms with Crippen molar-refractivity contribution in [3.05, 3.63) is 17.0 Å². The third-order valence-electron chi connectivity index (χ3n) is 2.37. The molecule has 5 heteroatoms. The first-order valence-corrected chi connectivity index (χ1v) is 5.98.